The van der Waals surface area contributed by atoms with Crippen molar-refractivity contribution in [1.29, 1.82) is 0 Å². The molecule has 0 saturated carbocycles. The van der Waals surface area contributed by atoms with Gasteiger partial charge in [0.15, 0.2) is 0 Å². The maximum absolute atomic E-state index is 12.6. The lowest BCUT2D eigenvalue weighted by molar-refractivity contribution is 0.0932. The lowest BCUT2D eigenvalue weighted by atomic mass is 10.0. The minimum atomic E-state index is -0.0542. The second kappa shape index (κ2) is 6.00. The molecule has 110 valence electrons. The summed E-state index contributed by atoms with van der Waals surface area (Å²) in [4.78, 5) is 17.0. The van der Waals surface area contributed by atoms with Crippen molar-refractivity contribution in [2.45, 2.75) is 25.8 Å². The number of rotatable bonds is 2. The van der Waals surface area contributed by atoms with Crippen LogP contribution in [0.4, 0.5) is 0 Å². The summed E-state index contributed by atoms with van der Waals surface area (Å²) in [6.45, 7) is 3.73. The van der Waals surface area contributed by atoms with Gasteiger partial charge in [-0.1, -0.05) is 23.7 Å². The van der Waals surface area contributed by atoms with Crippen LogP contribution in [0.1, 0.15) is 28.9 Å². The van der Waals surface area contributed by atoms with E-state index < -0.39 is 0 Å². The number of pyridine rings is 1. The highest BCUT2D eigenvalue weighted by Crippen LogP contribution is 2.25. The predicted octanol–water partition coefficient (Wildman–Crippen LogP) is 2.68. The Kier molecular flexibility index (Phi) is 4.08. The number of nitrogens with one attached hydrogen (secondary N) is 2. The van der Waals surface area contributed by atoms with Gasteiger partial charge in [-0.3, -0.25) is 9.78 Å². The first kappa shape index (κ1) is 14.3. The number of aromatic nitrogens is 1. The highest BCUT2D eigenvalue weighted by molar-refractivity contribution is 6.35. The molecule has 1 aliphatic rings. The largest absolute Gasteiger partial charge is 0.348 e. The molecule has 0 bridgehead atoms. The monoisotopic (exact) mass is 303 g/mol. The lowest BCUT2D eigenvalue weighted by Gasteiger charge is -2.24. The summed E-state index contributed by atoms with van der Waals surface area (Å²) in [5.74, 6) is -0.0542. The third-order valence-corrected chi connectivity index (χ3v) is 4.10. The third kappa shape index (κ3) is 3.01. The molecule has 0 spiro atoms. The van der Waals surface area contributed by atoms with Crippen LogP contribution in [0.2, 0.25) is 5.02 Å². The molecule has 1 amide bonds. The van der Waals surface area contributed by atoms with E-state index in [1.54, 1.807) is 6.07 Å². The first-order valence-electron chi connectivity index (χ1n) is 7.22. The molecule has 2 aromatic rings. The Morgan fingerprint density at radius 1 is 1.48 bits per heavy atom. The number of hydrogen-bond donors (Lipinski definition) is 2. The van der Waals surface area contributed by atoms with E-state index in [1.165, 1.54) is 0 Å². The number of halogens is 1. The molecule has 0 radical (unpaired) electrons. The van der Waals surface area contributed by atoms with Crippen LogP contribution < -0.4 is 10.6 Å². The van der Waals surface area contributed by atoms with Crippen molar-refractivity contribution >= 4 is 28.4 Å². The van der Waals surface area contributed by atoms with E-state index in [4.69, 9.17) is 11.6 Å². The van der Waals surface area contributed by atoms with Gasteiger partial charge in [-0.15, -0.1) is 0 Å². The van der Waals surface area contributed by atoms with Crippen LogP contribution in [0.5, 0.6) is 0 Å². The number of piperidine rings is 1. The maximum Gasteiger partial charge on any atom is 0.252 e. The number of nitrogens with zero attached hydrogens (tertiary/aromatic N) is 1. The summed E-state index contributed by atoms with van der Waals surface area (Å²) in [6, 6.07) is 7.55. The predicted molar refractivity (Wildman–Crippen MR) is 84.8 cm³/mol. The van der Waals surface area contributed by atoms with Gasteiger partial charge in [0.05, 0.1) is 16.1 Å². The number of carbonyl (C=O) groups excluding carboxylic acids is 1. The Morgan fingerprint density at radius 2 is 2.33 bits per heavy atom. The van der Waals surface area contributed by atoms with E-state index >= 15 is 0 Å². The minimum absolute atomic E-state index is 0.0542. The van der Waals surface area contributed by atoms with Crippen LogP contribution in [0.15, 0.2) is 24.3 Å². The molecular weight excluding hydrogens is 286 g/mol. The van der Waals surface area contributed by atoms with Gasteiger partial charge in [-0.2, -0.15) is 0 Å². The highest BCUT2D eigenvalue weighted by Gasteiger charge is 2.19. The molecule has 1 aromatic heterocycles. The van der Waals surface area contributed by atoms with Crippen LogP contribution in [0, 0.1) is 6.92 Å². The van der Waals surface area contributed by atoms with Crippen LogP contribution in [-0.4, -0.2) is 30.0 Å². The fourth-order valence-electron chi connectivity index (χ4n) is 2.77. The molecule has 5 heteroatoms. The minimum Gasteiger partial charge on any atom is -0.348 e. The fourth-order valence-corrected chi connectivity index (χ4v) is 2.98. The molecule has 21 heavy (non-hydrogen) atoms. The average Bonchev–Trinajstić information content (AvgIpc) is 2.48. The quantitative estimate of drug-likeness (QED) is 0.897. The second-order valence-corrected chi connectivity index (χ2v) is 5.87. The van der Waals surface area contributed by atoms with Gasteiger partial charge in [0.25, 0.3) is 5.91 Å². The summed E-state index contributed by atoms with van der Waals surface area (Å²) in [7, 11) is 0. The summed E-state index contributed by atoms with van der Waals surface area (Å²) in [5, 5.41) is 7.78. The lowest BCUT2D eigenvalue weighted by Crippen LogP contribution is -2.45. The van der Waals surface area contributed by atoms with Gasteiger partial charge >= 0.3 is 0 Å². The zero-order chi connectivity index (χ0) is 14.8. The molecule has 2 heterocycles. The van der Waals surface area contributed by atoms with Crippen molar-refractivity contribution in [1.82, 2.24) is 15.6 Å². The molecule has 1 aromatic carbocycles. The molecule has 3 rings (SSSR count). The highest BCUT2D eigenvalue weighted by atomic mass is 35.5. The van der Waals surface area contributed by atoms with E-state index in [0.717, 1.165) is 37.0 Å². The van der Waals surface area contributed by atoms with Crippen molar-refractivity contribution in [3.63, 3.8) is 0 Å². The Bertz CT molecular complexity index is 681. The van der Waals surface area contributed by atoms with Crippen molar-refractivity contribution < 1.29 is 4.79 Å². The normalized spacial score (nSPS) is 18.7. The number of hydrogen-bond acceptors (Lipinski definition) is 3. The second-order valence-electron chi connectivity index (χ2n) is 5.46. The molecule has 1 saturated heterocycles. The van der Waals surface area contributed by atoms with Gasteiger partial charge in [0.2, 0.25) is 0 Å². The van der Waals surface area contributed by atoms with Crippen LogP contribution >= 0.6 is 11.6 Å². The van der Waals surface area contributed by atoms with Crippen LogP contribution in [0.3, 0.4) is 0 Å². The van der Waals surface area contributed by atoms with E-state index in [1.807, 2.05) is 25.1 Å². The molecule has 0 aliphatic carbocycles. The van der Waals surface area contributed by atoms with E-state index in [-0.39, 0.29) is 11.9 Å². The van der Waals surface area contributed by atoms with Crippen molar-refractivity contribution in [3.05, 3.63) is 40.5 Å². The molecule has 1 atom stereocenters. The first-order chi connectivity index (χ1) is 10.1. The Balaban J connectivity index is 1.95. The Morgan fingerprint density at radius 3 is 3.10 bits per heavy atom. The average molecular weight is 304 g/mol. The molecule has 0 unspecified atom stereocenters. The van der Waals surface area contributed by atoms with Crippen LogP contribution in [0.25, 0.3) is 10.9 Å². The fraction of sp³-hybridized carbons (Fsp3) is 0.375. The molecular formula is C16H18ClN3O. The van der Waals surface area contributed by atoms with Gasteiger partial charge in [0, 0.05) is 23.7 Å². The molecule has 4 nitrogen and oxygen atoms in total. The van der Waals surface area contributed by atoms with E-state index in [0.29, 0.717) is 16.1 Å². The molecule has 2 N–H and O–H groups in total. The number of carbonyl (C=O) groups is 1. The summed E-state index contributed by atoms with van der Waals surface area (Å²) in [6.07, 6.45) is 2.11. The zero-order valence-electron chi connectivity index (χ0n) is 11.9. The number of para-hydroxylation sites is 1. The standard InChI is InChI=1S/C16H18ClN3O/c1-10-8-13(12-5-2-6-14(17)15(12)19-10)16(21)20-11-4-3-7-18-9-11/h2,5-6,8,11,18H,3-4,7,9H2,1H3,(H,20,21)/t11-/m1/s1. The number of benzene rings is 1. The van der Waals surface area contributed by atoms with E-state index in [2.05, 4.69) is 15.6 Å². The topological polar surface area (TPSA) is 54.0 Å². The van der Waals surface area contributed by atoms with Crippen LogP contribution in [-0.2, 0) is 0 Å². The summed E-state index contributed by atoms with van der Waals surface area (Å²) >= 11 is 6.19. The van der Waals surface area contributed by atoms with Crippen molar-refractivity contribution in [2.24, 2.45) is 0 Å². The third-order valence-electron chi connectivity index (χ3n) is 3.80. The van der Waals surface area contributed by atoms with Crippen molar-refractivity contribution in [2.75, 3.05) is 13.1 Å². The summed E-state index contributed by atoms with van der Waals surface area (Å²) < 4.78 is 0. The number of amides is 1. The number of aryl methyl sites for hydroxylation is 1. The Labute approximate surface area is 128 Å². The van der Waals surface area contributed by atoms with Gasteiger partial charge < -0.3 is 10.6 Å². The number of fused-ring (bicyclic) bond motifs is 1. The van der Waals surface area contributed by atoms with Gasteiger partial charge in [-0.25, -0.2) is 0 Å². The van der Waals surface area contributed by atoms with Crippen molar-refractivity contribution in [3.8, 4) is 0 Å². The summed E-state index contributed by atoms with van der Waals surface area (Å²) in [5.41, 5.74) is 2.12. The smallest absolute Gasteiger partial charge is 0.252 e. The van der Waals surface area contributed by atoms with Gasteiger partial charge in [-0.05, 0) is 38.4 Å². The molecule has 1 fully saturated rings. The zero-order valence-corrected chi connectivity index (χ0v) is 12.7. The molecule has 1 aliphatic heterocycles. The van der Waals surface area contributed by atoms with E-state index in [9.17, 15) is 4.79 Å². The first-order valence-corrected chi connectivity index (χ1v) is 7.60. The van der Waals surface area contributed by atoms with Gasteiger partial charge in [0.1, 0.15) is 0 Å². The SMILES string of the molecule is Cc1cc(C(=O)N[C@@H]2CCCNC2)c2cccc(Cl)c2n1. The Hall–Kier alpha value is -1.65. The maximum atomic E-state index is 12.6.